The van der Waals surface area contributed by atoms with Gasteiger partial charge in [0.25, 0.3) is 0 Å². The number of H-pyrrole nitrogens is 1. The Balaban J connectivity index is 1.50. The van der Waals surface area contributed by atoms with Crippen LogP contribution in [-0.2, 0) is 13.2 Å². The molecule has 1 saturated heterocycles. The average Bonchev–Trinajstić information content (AvgIpc) is 2.87. The van der Waals surface area contributed by atoms with Gasteiger partial charge in [0.2, 0.25) is 0 Å². The smallest absolute Gasteiger partial charge is 0.164 e. The van der Waals surface area contributed by atoms with Gasteiger partial charge in [-0.1, -0.05) is 12.8 Å². The number of nitrogens with one attached hydrogen (secondary N) is 1. The van der Waals surface area contributed by atoms with Crippen LogP contribution in [0.1, 0.15) is 37.3 Å². The molecule has 0 atom stereocenters. The molecule has 0 spiro atoms. The number of aromatic amines is 1. The van der Waals surface area contributed by atoms with Crippen LogP contribution in [0.2, 0.25) is 0 Å². The first kappa shape index (κ1) is 15.8. The Morgan fingerprint density at radius 1 is 1.04 bits per heavy atom. The van der Waals surface area contributed by atoms with E-state index in [1.54, 1.807) is 7.11 Å². The quantitative estimate of drug-likeness (QED) is 0.888. The van der Waals surface area contributed by atoms with Crippen molar-refractivity contribution in [2.75, 3.05) is 20.2 Å². The average molecular weight is 316 g/mol. The summed E-state index contributed by atoms with van der Waals surface area (Å²) in [5.74, 6) is 3.21. The Morgan fingerprint density at radius 3 is 2.43 bits per heavy atom. The summed E-state index contributed by atoms with van der Waals surface area (Å²) in [6.45, 7) is 3.50. The second-order valence-corrected chi connectivity index (χ2v) is 5.85. The van der Waals surface area contributed by atoms with E-state index >= 15 is 0 Å². The lowest BCUT2D eigenvalue weighted by atomic mass is 10.2. The fraction of sp³-hybridized carbons (Fsp3) is 0.529. The molecule has 0 aliphatic carbocycles. The van der Waals surface area contributed by atoms with Crippen molar-refractivity contribution in [3.05, 3.63) is 35.9 Å². The molecule has 1 fully saturated rings. The molecule has 0 radical (unpaired) electrons. The van der Waals surface area contributed by atoms with Gasteiger partial charge in [-0.3, -0.25) is 10.00 Å². The van der Waals surface area contributed by atoms with Crippen LogP contribution in [-0.4, -0.2) is 40.3 Å². The number of nitrogens with zero attached hydrogens (tertiary/aromatic N) is 3. The SMILES string of the molecule is COc1ccc(OCc2nc(CN3CCCCCC3)n[nH]2)cc1. The topological polar surface area (TPSA) is 63.3 Å². The van der Waals surface area contributed by atoms with Gasteiger partial charge in [-0.15, -0.1) is 0 Å². The molecule has 1 aromatic heterocycles. The number of hydrogen-bond acceptors (Lipinski definition) is 5. The van der Waals surface area contributed by atoms with Crippen molar-refractivity contribution in [1.82, 2.24) is 20.1 Å². The van der Waals surface area contributed by atoms with E-state index in [0.717, 1.165) is 42.8 Å². The van der Waals surface area contributed by atoms with Crippen molar-refractivity contribution in [2.45, 2.75) is 38.8 Å². The molecule has 0 amide bonds. The van der Waals surface area contributed by atoms with Crippen molar-refractivity contribution in [1.29, 1.82) is 0 Å². The number of ether oxygens (including phenoxy) is 2. The molecular weight excluding hydrogens is 292 g/mol. The van der Waals surface area contributed by atoms with Crippen LogP contribution >= 0.6 is 0 Å². The summed E-state index contributed by atoms with van der Waals surface area (Å²) in [5, 5.41) is 7.27. The molecule has 0 unspecified atom stereocenters. The third-order valence-electron chi connectivity index (χ3n) is 4.08. The summed E-state index contributed by atoms with van der Waals surface area (Å²) < 4.78 is 10.8. The van der Waals surface area contributed by atoms with Gasteiger partial charge in [0.05, 0.1) is 13.7 Å². The summed E-state index contributed by atoms with van der Waals surface area (Å²) in [4.78, 5) is 6.96. The summed E-state index contributed by atoms with van der Waals surface area (Å²) >= 11 is 0. The lowest BCUT2D eigenvalue weighted by Crippen LogP contribution is -2.24. The highest BCUT2D eigenvalue weighted by atomic mass is 16.5. The summed E-state index contributed by atoms with van der Waals surface area (Å²) in [6, 6.07) is 7.52. The molecule has 1 aliphatic heterocycles. The Morgan fingerprint density at radius 2 is 1.74 bits per heavy atom. The summed E-state index contributed by atoms with van der Waals surface area (Å²) in [6.07, 6.45) is 5.23. The van der Waals surface area contributed by atoms with Crippen molar-refractivity contribution in [2.24, 2.45) is 0 Å². The van der Waals surface area contributed by atoms with E-state index in [1.165, 1.54) is 25.7 Å². The number of benzene rings is 1. The minimum Gasteiger partial charge on any atom is -0.497 e. The van der Waals surface area contributed by atoms with Crippen LogP contribution in [0.5, 0.6) is 11.5 Å². The highest BCUT2D eigenvalue weighted by Crippen LogP contribution is 2.18. The molecule has 0 saturated carbocycles. The maximum absolute atomic E-state index is 5.71. The molecule has 3 rings (SSSR count). The number of methoxy groups -OCH3 is 1. The van der Waals surface area contributed by atoms with Gasteiger partial charge in [-0.05, 0) is 50.2 Å². The molecule has 1 aliphatic rings. The molecule has 2 heterocycles. The Kier molecular flexibility index (Phi) is 5.47. The molecular formula is C17H24N4O2. The monoisotopic (exact) mass is 316 g/mol. The van der Waals surface area contributed by atoms with E-state index in [-0.39, 0.29) is 0 Å². The maximum Gasteiger partial charge on any atom is 0.164 e. The number of rotatable bonds is 6. The van der Waals surface area contributed by atoms with Gasteiger partial charge < -0.3 is 9.47 Å². The fourth-order valence-electron chi connectivity index (χ4n) is 2.79. The minimum atomic E-state index is 0.388. The molecule has 1 aromatic carbocycles. The summed E-state index contributed by atoms with van der Waals surface area (Å²) in [7, 11) is 1.65. The zero-order valence-corrected chi connectivity index (χ0v) is 13.6. The highest BCUT2D eigenvalue weighted by Gasteiger charge is 2.12. The van der Waals surface area contributed by atoms with Crippen LogP contribution in [0, 0.1) is 0 Å². The van der Waals surface area contributed by atoms with Gasteiger partial charge in [0, 0.05) is 0 Å². The van der Waals surface area contributed by atoms with Crippen molar-refractivity contribution in [3.63, 3.8) is 0 Å². The predicted molar refractivity (Wildman–Crippen MR) is 87.5 cm³/mol. The van der Waals surface area contributed by atoms with Gasteiger partial charge in [-0.2, -0.15) is 5.10 Å². The van der Waals surface area contributed by atoms with E-state index in [9.17, 15) is 0 Å². The first-order valence-electron chi connectivity index (χ1n) is 8.23. The van der Waals surface area contributed by atoms with Gasteiger partial charge in [0.15, 0.2) is 11.6 Å². The third kappa shape index (κ3) is 4.69. The Bertz CT molecular complexity index is 589. The zero-order chi connectivity index (χ0) is 15.9. The molecule has 124 valence electrons. The highest BCUT2D eigenvalue weighted by molar-refractivity contribution is 5.31. The largest absolute Gasteiger partial charge is 0.497 e. The Labute approximate surface area is 136 Å². The van der Waals surface area contributed by atoms with E-state index < -0.39 is 0 Å². The maximum atomic E-state index is 5.71. The normalized spacial score (nSPS) is 16.0. The van der Waals surface area contributed by atoms with Crippen LogP contribution in [0.3, 0.4) is 0 Å². The standard InChI is InChI=1S/C17H24N4O2/c1-22-14-6-8-15(9-7-14)23-13-17-18-16(19-20-17)12-21-10-4-2-3-5-11-21/h6-9H,2-5,10-13H2,1H3,(H,18,19,20). The predicted octanol–water partition coefficient (Wildman–Crippen LogP) is 2.77. The fourth-order valence-corrected chi connectivity index (χ4v) is 2.79. The van der Waals surface area contributed by atoms with Crippen LogP contribution < -0.4 is 9.47 Å². The van der Waals surface area contributed by atoms with E-state index in [4.69, 9.17) is 9.47 Å². The molecule has 2 aromatic rings. The third-order valence-corrected chi connectivity index (χ3v) is 4.08. The molecule has 23 heavy (non-hydrogen) atoms. The van der Waals surface area contributed by atoms with Gasteiger partial charge >= 0.3 is 0 Å². The first-order valence-corrected chi connectivity index (χ1v) is 8.23. The number of likely N-dealkylation sites (tertiary alicyclic amines) is 1. The van der Waals surface area contributed by atoms with Crippen molar-refractivity contribution >= 4 is 0 Å². The summed E-state index contributed by atoms with van der Waals surface area (Å²) in [5.41, 5.74) is 0. The lowest BCUT2D eigenvalue weighted by Gasteiger charge is -2.17. The van der Waals surface area contributed by atoms with E-state index in [2.05, 4.69) is 20.1 Å². The first-order chi connectivity index (χ1) is 11.3. The van der Waals surface area contributed by atoms with Crippen LogP contribution in [0.15, 0.2) is 24.3 Å². The van der Waals surface area contributed by atoms with E-state index in [0.29, 0.717) is 6.61 Å². The number of aromatic nitrogens is 3. The van der Waals surface area contributed by atoms with Gasteiger partial charge in [-0.25, -0.2) is 4.98 Å². The molecule has 0 bridgehead atoms. The molecule has 6 nitrogen and oxygen atoms in total. The second-order valence-electron chi connectivity index (χ2n) is 5.85. The van der Waals surface area contributed by atoms with Crippen LogP contribution in [0.4, 0.5) is 0 Å². The molecule has 6 heteroatoms. The zero-order valence-electron chi connectivity index (χ0n) is 13.6. The molecule has 1 N–H and O–H groups in total. The number of hydrogen-bond donors (Lipinski definition) is 1. The second kappa shape index (κ2) is 7.97. The van der Waals surface area contributed by atoms with E-state index in [1.807, 2.05) is 24.3 Å². The van der Waals surface area contributed by atoms with Crippen LogP contribution in [0.25, 0.3) is 0 Å². The van der Waals surface area contributed by atoms with Crippen molar-refractivity contribution < 1.29 is 9.47 Å². The van der Waals surface area contributed by atoms with Crippen molar-refractivity contribution in [3.8, 4) is 11.5 Å². The van der Waals surface area contributed by atoms with Gasteiger partial charge in [0.1, 0.15) is 18.1 Å². The Hall–Kier alpha value is -2.08. The lowest BCUT2D eigenvalue weighted by molar-refractivity contribution is 0.269. The minimum absolute atomic E-state index is 0.388.